The van der Waals surface area contributed by atoms with Gasteiger partial charge in [-0.3, -0.25) is 18.8 Å². The highest BCUT2D eigenvalue weighted by Crippen LogP contribution is 2.49. The summed E-state index contributed by atoms with van der Waals surface area (Å²) in [7, 11) is 0. The second-order valence-corrected chi connectivity index (χ2v) is 10.0. The second-order valence-electron chi connectivity index (χ2n) is 9.61. The van der Waals surface area contributed by atoms with Crippen LogP contribution >= 0.6 is 11.6 Å². The molecule has 1 N–H and O–H groups in total. The number of aliphatic hydroxyl groups is 1. The SMILES string of the molecule is Cc1cc(N2C(=O)c3c(C4CC4)nn(C[C@H](O)C(F)(F)F)c3[C@@H]2c2ccc(Cl)cc2)cn2c(C)nnc12. The first-order valence-electron chi connectivity index (χ1n) is 11.8. The zero-order chi connectivity index (χ0) is 26.2. The molecule has 192 valence electrons. The van der Waals surface area contributed by atoms with E-state index in [1.54, 1.807) is 46.7 Å². The van der Waals surface area contributed by atoms with Gasteiger partial charge < -0.3 is 5.11 Å². The molecule has 1 amide bonds. The normalized spacial score (nSPS) is 18.6. The van der Waals surface area contributed by atoms with E-state index in [0.717, 1.165) is 23.1 Å². The number of carbonyl (C=O) groups is 1. The van der Waals surface area contributed by atoms with Gasteiger partial charge in [0.1, 0.15) is 11.9 Å². The number of aliphatic hydroxyl groups excluding tert-OH is 1. The standard InChI is InChI=1S/C25H22ClF3N6O2/c1-12-9-17(10-33-13(2)30-31-23(12)33)35-21(15-5-7-16(26)8-6-15)22-19(24(35)37)20(14-3-4-14)32-34(22)11-18(36)25(27,28)29/h5-10,14,18,21,36H,3-4,11H2,1-2H3/t18-,21-/m0/s1. The number of hydrogen-bond donors (Lipinski definition) is 1. The minimum absolute atomic E-state index is 0.00268. The number of benzene rings is 1. The van der Waals surface area contributed by atoms with E-state index in [0.29, 0.717) is 44.7 Å². The molecule has 2 atom stereocenters. The van der Waals surface area contributed by atoms with Crippen LogP contribution < -0.4 is 4.90 Å². The molecule has 2 aliphatic rings. The van der Waals surface area contributed by atoms with E-state index < -0.39 is 24.9 Å². The van der Waals surface area contributed by atoms with Gasteiger partial charge in [-0.1, -0.05) is 23.7 Å². The molecule has 6 rings (SSSR count). The van der Waals surface area contributed by atoms with Gasteiger partial charge in [-0.15, -0.1) is 10.2 Å². The zero-order valence-corrected chi connectivity index (χ0v) is 20.6. The number of alkyl halides is 3. The number of amides is 1. The summed E-state index contributed by atoms with van der Waals surface area (Å²) in [5.41, 5.74) is 3.73. The first kappa shape index (κ1) is 23.9. The largest absolute Gasteiger partial charge is 0.416 e. The molecule has 1 aliphatic carbocycles. The van der Waals surface area contributed by atoms with Crippen molar-refractivity contribution in [1.82, 2.24) is 24.4 Å². The molecule has 12 heteroatoms. The summed E-state index contributed by atoms with van der Waals surface area (Å²) in [6, 6.07) is 7.85. The van der Waals surface area contributed by atoms with Crippen LogP contribution in [0.3, 0.4) is 0 Å². The van der Waals surface area contributed by atoms with E-state index >= 15 is 0 Å². The van der Waals surface area contributed by atoms with Gasteiger partial charge in [0.15, 0.2) is 11.8 Å². The molecule has 1 aromatic carbocycles. The van der Waals surface area contributed by atoms with Crippen molar-refractivity contribution < 1.29 is 23.1 Å². The molecular weight excluding hydrogens is 509 g/mol. The van der Waals surface area contributed by atoms with Crippen molar-refractivity contribution in [2.24, 2.45) is 0 Å². The summed E-state index contributed by atoms with van der Waals surface area (Å²) in [4.78, 5) is 15.7. The van der Waals surface area contributed by atoms with Crippen molar-refractivity contribution in [2.75, 3.05) is 4.90 Å². The van der Waals surface area contributed by atoms with Gasteiger partial charge in [0, 0.05) is 17.1 Å². The number of carbonyl (C=O) groups excluding carboxylic acids is 1. The summed E-state index contributed by atoms with van der Waals surface area (Å²) >= 11 is 6.12. The number of pyridine rings is 1. The third-order valence-corrected chi connectivity index (χ3v) is 7.22. The average molecular weight is 531 g/mol. The molecule has 1 fully saturated rings. The Bertz CT molecular complexity index is 1540. The zero-order valence-electron chi connectivity index (χ0n) is 19.9. The van der Waals surface area contributed by atoms with Gasteiger partial charge in [0.2, 0.25) is 0 Å². The maximum Gasteiger partial charge on any atom is 0.416 e. The molecule has 3 aromatic heterocycles. The smallest absolute Gasteiger partial charge is 0.382 e. The summed E-state index contributed by atoms with van der Waals surface area (Å²) in [6.07, 6.45) is -4.10. The van der Waals surface area contributed by atoms with Crippen molar-refractivity contribution in [2.45, 2.75) is 57.5 Å². The van der Waals surface area contributed by atoms with E-state index in [1.165, 1.54) is 0 Å². The Morgan fingerprint density at radius 2 is 1.86 bits per heavy atom. The van der Waals surface area contributed by atoms with E-state index in [9.17, 15) is 23.1 Å². The molecule has 0 bridgehead atoms. The Labute approximate surface area is 214 Å². The molecule has 4 heterocycles. The lowest BCUT2D eigenvalue weighted by atomic mass is 10.0. The number of rotatable bonds is 5. The maximum absolute atomic E-state index is 14.1. The van der Waals surface area contributed by atoms with Gasteiger partial charge in [0.25, 0.3) is 5.91 Å². The number of halogens is 4. The van der Waals surface area contributed by atoms with Crippen LogP contribution in [0.4, 0.5) is 18.9 Å². The summed E-state index contributed by atoms with van der Waals surface area (Å²) in [5, 5.41) is 23.2. The van der Waals surface area contributed by atoms with Crippen LogP contribution in [0.1, 0.15) is 63.5 Å². The first-order chi connectivity index (χ1) is 17.5. The molecule has 1 saturated carbocycles. The number of fused-ring (bicyclic) bond motifs is 2. The third-order valence-electron chi connectivity index (χ3n) is 6.97. The molecule has 1 aliphatic heterocycles. The van der Waals surface area contributed by atoms with Crippen molar-refractivity contribution in [3.8, 4) is 0 Å². The average Bonchev–Trinajstić information content (AvgIpc) is 3.43. The fraction of sp³-hybridized carbons (Fsp3) is 0.360. The van der Waals surface area contributed by atoms with Crippen LogP contribution in [0.15, 0.2) is 36.5 Å². The Kier molecular flexibility index (Phi) is 5.36. The van der Waals surface area contributed by atoms with Crippen molar-refractivity contribution in [3.63, 3.8) is 0 Å². The van der Waals surface area contributed by atoms with Crippen LogP contribution in [0.2, 0.25) is 5.02 Å². The van der Waals surface area contributed by atoms with Gasteiger partial charge in [-0.05, 0) is 56.0 Å². The minimum Gasteiger partial charge on any atom is -0.382 e. The van der Waals surface area contributed by atoms with Crippen molar-refractivity contribution >= 4 is 28.8 Å². The third kappa shape index (κ3) is 3.88. The topological polar surface area (TPSA) is 88.5 Å². The molecule has 0 radical (unpaired) electrons. The highest BCUT2D eigenvalue weighted by Gasteiger charge is 2.48. The van der Waals surface area contributed by atoms with Gasteiger partial charge >= 0.3 is 6.18 Å². The molecule has 0 unspecified atom stereocenters. The quantitative estimate of drug-likeness (QED) is 0.402. The predicted molar refractivity (Wildman–Crippen MR) is 129 cm³/mol. The Morgan fingerprint density at radius 3 is 2.51 bits per heavy atom. The fourth-order valence-electron chi connectivity index (χ4n) is 5.00. The highest BCUT2D eigenvalue weighted by molar-refractivity contribution is 6.30. The lowest BCUT2D eigenvalue weighted by molar-refractivity contribution is -0.208. The van der Waals surface area contributed by atoms with Gasteiger partial charge in [-0.2, -0.15) is 18.3 Å². The Hall–Kier alpha value is -3.44. The van der Waals surface area contributed by atoms with Crippen LogP contribution in [-0.4, -0.2) is 47.7 Å². The minimum atomic E-state index is -4.83. The number of hydrogen-bond acceptors (Lipinski definition) is 5. The summed E-state index contributed by atoms with van der Waals surface area (Å²) in [5.74, 6) is 0.275. The first-order valence-corrected chi connectivity index (χ1v) is 12.2. The molecule has 0 saturated heterocycles. The van der Waals surface area contributed by atoms with Crippen LogP contribution in [0.5, 0.6) is 0 Å². The predicted octanol–water partition coefficient (Wildman–Crippen LogP) is 4.75. The van der Waals surface area contributed by atoms with Crippen molar-refractivity contribution in [3.05, 3.63) is 75.5 Å². The van der Waals surface area contributed by atoms with E-state index in [1.807, 2.05) is 13.0 Å². The lowest BCUT2D eigenvalue weighted by Crippen LogP contribution is -2.35. The van der Waals surface area contributed by atoms with E-state index in [2.05, 4.69) is 15.3 Å². The maximum atomic E-state index is 14.1. The molecular formula is C25H22ClF3N6O2. The fourth-order valence-corrected chi connectivity index (χ4v) is 5.12. The number of aryl methyl sites for hydroxylation is 2. The molecule has 37 heavy (non-hydrogen) atoms. The Morgan fingerprint density at radius 1 is 1.16 bits per heavy atom. The van der Waals surface area contributed by atoms with Gasteiger partial charge in [-0.25, -0.2) is 0 Å². The van der Waals surface area contributed by atoms with Crippen LogP contribution in [0.25, 0.3) is 5.65 Å². The number of nitrogens with zero attached hydrogens (tertiary/aromatic N) is 6. The second kappa shape index (κ2) is 8.29. The van der Waals surface area contributed by atoms with Crippen LogP contribution in [-0.2, 0) is 6.54 Å². The van der Waals surface area contributed by atoms with E-state index in [-0.39, 0.29) is 11.8 Å². The summed E-state index contributed by atoms with van der Waals surface area (Å²) < 4.78 is 43.0. The number of aromatic nitrogens is 5. The molecule has 8 nitrogen and oxygen atoms in total. The number of anilines is 1. The highest BCUT2D eigenvalue weighted by atomic mass is 35.5. The molecule has 0 spiro atoms. The van der Waals surface area contributed by atoms with Gasteiger partial charge in [0.05, 0.1) is 29.2 Å². The van der Waals surface area contributed by atoms with Crippen molar-refractivity contribution in [1.29, 1.82) is 0 Å². The lowest BCUT2D eigenvalue weighted by Gasteiger charge is -2.28. The van der Waals surface area contributed by atoms with Crippen LogP contribution in [0, 0.1) is 13.8 Å². The van der Waals surface area contributed by atoms with E-state index in [4.69, 9.17) is 11.6 Å². The summed E-state index contributed by atoms with van der Waals surface area (Å²) in [6.45, 7) is 2.84. The molecule has 4 aromatic rings. The Balaban J connectivity index is 1.57. The monoisotopic (exact) mass is 530 g/mol.